The van der Waals surface area contributed by atoms with Crippen molar-refractivity contribution in [2.24, 2.45) is 0 Å². The number of fused-ring (bicyclic) bond motifs is 1. The Hall–Kier alpha value is -2.70. The number of carbonyl (C=O) groups is 2. The van der Waals surface area contributed by atoms with Crippen LogP contribution in [0.25, 0.3) is 6.08 Å². The lowest BCUT2D eigenvalue weighted by Crippen LogP contribution is -2.40. The van der Waals surface area contributed by atoms with E-state index in [2.05, 4.69) is 0 Å². The summed E-state index contributed by atoms with van der Waals surface area (Å²) in [5.41, 5.74) is 0.753. The predicted molar refractivity (Wildman–Crippen MR) is 98.6 cm³/mol. The van der Waals surface area contributed by atoms with Crippen LogP contribution >= 0.6 is 0 Å². The highest BCUT2D eigenvalue weighted by Crippen LogP contribution is 2.40. The van der Waals surface area contributed by atoms with Gasteiger partial charge in [0.25, 0.3) is 0 Å². The van der Waals surface area contributed by atoms with E-state index in [1.54, 1.807) is 37.3 Å². The lowest BCUT2D eigenvalue weighted by Gasteiger charge is -2.22. The van der Waals surface area contributed by atoms with E-state index in [0.717, 1.165) is 5.56 Å². The van der Waals surface area contributed by atoms with Gasteiger partial charge in [-0.2, -0.15) is 0 Å². The Labute approximate surface area is 154 Å². The minimum Gasteiger partial charge on any atom is -0.493 e. The Balaban J connectivity index is 2.06. The number of hydrogen-bond acceptors (Lipinski definition) is 5. The zero-order valence-corrected chi connectivity index (χ0v) is 15.8. The Morgan fingerprint density at radius 2 is 1.88 bits per heavy atom. The average molecular weight is 362 g/mol. The van der Waals surface area contributed by atoms with E-state index in [-0.39, 0.29) is 18.4 Å². The standard InChI is InChI=1S/C19H26N2O5/c1-5-21(6-2)18(23)13-20(3)17(22)8-7-14-11-15(24-4)19-16(12-14)25-9-10-26-19/h7-8,11-12H,5-6,9-10,13H2,1-4H3/b8-7+. The van der Waals surface area contributed by atoms with Crippen LogP contribution in [0.4, 0.5) is 0 Å². The van der Waals surface area contributed by atoms with Gasteiger partial charge in [0.2, 0.25) is 17.6 Å². The minimum atomic E-state index is -0.251. The van der Waals surface area contributed by atoms with Crippen molar-refractivity contribution < 1.29 is 23.8 Å². The summed E-state index contributed by atoms with van der Waals surface area (Å²) < 4.78 is 16.5. The lowest BCUT2D eigenvalue weighted by atomic mass is 10.1. The smallest absolute Gasteiger partial charge is 0.246 e. The largest absolute Gasteiger partial charge is 0.493 e. The normalized spacial score (nSPS) is 12.8. The Bertz CT molecular complexity index is 666. The lowest BCUT2D eigenvalue weighted by molar-refractivity contribution is -0.136. The minimum absolute atomic E-state index is 0.0509. The van der Waals surface area contributed by atoms with E-state index < -0.39 is 0 Å². The molecular formula is C19H26N2O5. The van der Waals surface area contributed by atoms with Crippen LogP contribution in [0.1, 0.15) is 19.4 Å². The predicted octanol–water partition coefficient (Wildman–Crippen LogP) is 1.81. The van der Waals surface area contributed by atoms with Crippen LogP contribution in [0.3, 0.4) is 0 Å². The third-order valence-corrected chi connectivity index (χ3v) is 4.13. The molecule has 0 atom stereocenters. The molecule has 0 saturated carbocycles. The number of hydrogen-bond donors (Lipinski definition) is 0. The summed E-state index contributed by atoms with van der Waals surface area (Å²) in [6.45, 7) is 6.08. The summed E-state index contributed by atoms with van der Waals surface area (Å²) >= 11 is 0. The molecule has 26 heavy (non-hydrogen) atoms. The van der Waals surface area contributed by atoms with E-state index in [0.29, 0.717) is 43.6 Å². The van der Waals surface area contributed by atoms with Crippen LogP contribution in [0.2, 0.25) is 0 Å². The van der Waals surface area contributed by atoms with Gasteiger partial charge < -0.3 is 24.0 Å². The van der Waals surface area contributed by atoms with Crippen LogP contribution in [0.15, 0.2) is 18.2 Å². The molecule has 7 heteroatoms. The summed E-state index contributed by atoms with van der Waals surface area (Å²) in [5.74, 6) is 1.40. The van der Waals surface area contributed by atoms with E-state index in [1.807, 2.05) is 13.8 Å². The molecule has 0 unspecified atom stereocenters. The number of carbonyl (C=O) groups excluding carboxylic acids is 2. The maximum absolute atomic E-state index is 12.3. The van der Waals surface area contributed by atoms with Crippen molar-refractivity contribution in [3.05, 3.63) is 23.8 Å². The number of nitrogens with zero attached hydrogens (tertiary/aromatic N) is 2. The molecule has 7 nitrogen and oxygen atoms in total. The van der Waals surface area contributed by atoms with Crippen LogP contribution in [0.5, 0.6) is 17.2 Å². The number of rotatable bonds is 7. The van der Waals surface area contributed by atoms with E-state index in [9.17, 15) is 9.59 Å². The van der Waals surface area contributed by atoms with Crippen molar-refractivity contribution in [3.63, 3.8) is 0 Å². The first-order chi connectivity index (χ1) is 12.5. The molecule has 0 spiro atoms. The number of benzene rings is 1. The molecule has 1 aromatic rings. The van der Waals surface area contributed by atoms with E-state index in [4.69, 9.17) is 14.2 Å². The first-order valence-corrected chi connectivity index (χ1v) is 8.68. The third-order valence-electron chi connectivity index (χ3n) is 4.13. The fraction of sp³-hybridized carbons (Fsp3) is 0.474. The number of amides is 2. The van der Waals surface area contributed by atoms with Crippen molar-refractivity contribution in [3.8, 4) is 17.2 Å². The molecule has 1 aliphatic rings. The second-order valence-electron chi connectivity index (χ2n) is 5.84. The maximum Gasteiger partial charge on any atom is 0.246 e. The maximum atomic E-state index is 12.3. The van der Waals surface area contributed by atoms with Gasteiger partial charge in [0, 0.05) is 26.2 Å². The molecule has 1 aromatic carbocycles. The highest BCUT2D eigenvalue weighted by Gasteiger charge is 2.18. The molecule has 2 rings (SSSR count). The quantitative estimate of drug-likeness (QED) is 0.692. The summed E-state index contributed by atoms with van der Waals surface area (Å²) in [6, 6.07) is 3.57. The van der Waals surface area contributed by atoms with Crippen LogP contribution in [-0.4, -0.2) is 68.6 Å². The van der Waals surface area contributed by atoms with Crippen molar-refractivity contribution >= 4 is 17.9 Å². The van der Waals surface area contributed by atoms with Crippen molar-refractivity contribution in [1.82, 2.24) is 9.80 Å². The first kappa shape index (κ1) is 19.6. The zero-order valence-electron chi connectivity index (χ0n) is 15.8. The Morgan fingerprint density at radius 1 is 1.19 bits per heavy atom. The molecule has 2 amide bonds. The molecule has 0 aliphatic carbocycles. The fourth-order valence-electron chi connectivity index (χ4n) is 2.64. The van der Waals surface area contributed by atoms with Gasteiger partial charge in [-0.15, -0.1) is 0 Å². The Morgan fingerprint density at radius 3 is 2.54 bits per heavy atom. The first-order valence-electron chi connectivity index (χ1n) is 8.68. The van der Waals surface area contributed by atoms with E-state index >= 15 is 0 Å². The summed E-state index contributed by atoms with van der Waals surface area (Å²) in [7, 11) is 3.16. The SMILES string of the molecule is CCN(CC)C(=O)CN(C)C(=O)/C=C/c1cc(OC)c2c(c1)OCCO2. The second-order valence-corrected chi connectivity index (χ2v) is 5.84. The molecule has 0 saturated heterocycles. The van der Waals surface area contributed by atoms with Crippen LogP contribution in [-0.2, 0) is 9.59 Å². The highest BCUT2D eigenvalue weighted by atomic mass is 16.6. The monoisotopic (exact) mass is 362 g/mol. The molecular weight excluding hydrogens is 336 g/mol. The van der Waals surface area contributed by atoms with Crippen molar-refractivity contribution in [1.29, 1.82) is 0 Å². The van der Waals surface area contributed by atoms with Gasteiger partial charge in [0.1, 0.15) is 13.2 Å². The molecule has 0 aromatic heterocycles. The molecule has 0 fully saturated rings. The molecule has 1 heterocycles. The summed E-state index contributed by atoms with van der Waals surface area (Å²) in [4.78, 5) is 27.5. The number of likely N-dealkylation sites (N-methyl/N-ethyl adjacent to an activating group) is 2. The summed E-state index contributed by atoms with van der Waals surface area (Å²) in [5, 5.41) is 0. The van der Waals surface area contributed by atoms with Gasteiger partial charge in [0.15, 0.2) is 11.5 Å². The summed E-state index contributed by atoms with van der Waals surface area (Å²) in [6.07, 6.45) is 3.10. The van der Waals surface area contributed by atoms with Crippen molar-refractivity contribution in [2.75, 3.05) is 47.0 Å². The third kappa shape index (κ3) is 4.68. The van der Waals surface area contributed by atoms with Gasteiger partial charge in [-0.25, -0.2) is 0 Å². The van der Waals surface area contributed by atoms with E-state index in [1.165, 1.54) is 11.0 Å². The fourth-order valence-corrected chi connectivity index (χ4v) is 2.64. The van der Waals surface area contributed by atoms with Crippen molar-refractivity contribution in [2.45, 2.75) is 13.8 Å². The Kier molecular flexibility index (Phi) is 6.89. The second kappa shape index (κ2) is 9.12. The number of methoxy groups -OCH3 is 1. The van der Waals surface area contributed by atoms with Gasteiger partial charge in [-0.05, 0) is 37.6 Å². The molecule has 0 N–H and O–H groups in total. The molecule has 0 bridgehead atoms. The zero-order chi connectivity index (χ0) is 19.1. The van der Waals surface area contributed by atoms with Gasteiger partial charge in [-0.1, -0.05) is 0 Å². The van der Waals surface area contributed by atoms with Crippen LogP contribution in [0, 0.1) is 0 Å². The number of ether oxygens (including phenoxy) is 3. The topological polar surface area (TPSA) is 68.3 Å². The highest BCUT2D eigenvalue weighted by molar-refractivity contribution is 5.94. The molecule has 142 valence electrons. The van der Waals surface area contributed by atoms with Crippen LogP contribution < -0.4 is 14.2 Å². The van der Waals surface area contributed by atoms with Gasteiger partial charge in [-0.3, -0.25) is 9.59 Å². The molecule has 1 aliphatic heterocycles. The average Bonchev–Trinajstić information content (AvgIpc) is 2.66. The molecule has 0 radical (unpaired) electrons. The van der Waals surface area contributed by atoms with Gasteiger partial charge in [0.05, 0.1) is 13.7 Å². The van der Waals surface area contributed by atoms with Gasteiger partial charge >= 0.3 is 0 Å².